The van der Waals surface area contributed by atoms with Crippen LogP contribution in [0, 0.1) is 11.3 Å². The molecule has 2 aromatic carbocycles. The highest BCUT2D eigenvalue weighted by atomic mass is 16.6. The van der Waals surface area contributed by atoms with E-state index in [1.54, 1.807) is 31.2 Å². The van der Waals surface area contributed by atoms with E-state index in [0.717, 1.165) is 5.56 Å². The lowest BCUT2D eigenvalue weighted by Crippen LogP contribution is -2.26. The molecule has 0 fully saturated rings. The standard InChI is InChI=1S/C19H15N3O4/c1-13(25-16-9-7-14(11-20)8-10-16)19(23)24-12-17-21-18(22-26-17)15-5-3-2-4-6-15/h2-10,13H,12H2,1H3/t13-/m0/s1. The van der Waals surface area contributed by atoms with Crippen LogP contribution in [0.25, 0.3) is 11.4 Å². The number of hydrogen-bond acceptors (Lipinski definition) is 7. The molecule has 26 heavy (non-hydrogen) atoms. The summed E-state index contributed by atoms with van der Waals surface area (Å²) in [5.41, 5.74) is 1.32. The number of nitrogens with zero attached hydrogens (tertiary/aromatic N) is 3. The molecule has 130 valence electrons. The van der Waals surface area contributed by atoms with Gasteiger partial charge in [0, 0.05) is 5.56 Å². The lowest BCUT2D eigenvalue weighted by molar-refractivity contribution is -0.153. The summed E-state index contributed by atoms with van der Waals surface area (Å²) in [6.07, 6.45) is -0.820. The van der Waals surface area contributed by atoms with Crippen molar-refractivity contribution in [2.45, 2.75) is 19.6 Å². The van der Waals surface area contributed by atoms with Crippen LogP contribution in [0.1, 0.15) is 18.4 Å². The summed E-state index contributed by atoms with van der Waals surface area (Å²) < 4.78 is 15.7. The Hall–Kier alpha value is -3.66. The second-order valence-electron chi connectivity index (χ2n) is 5.38. The zero-order valence-electron chi connectivity index (χ0n) is 14.0. The minimum absolute atomic E-state index is 0.139. The molecule has 1 atom stereocenters. The predicted octanol–water partition coefficient (Wildman–Crippen LogP) is 3.12. The van der Waals surface area contributed by atoms with Gasteiger partial charge in [0.25, 0.3) is 5.89 Å². The number of nitriles is 1. The molecule has 3 rings (SSSR count). The fraction of sp³-hybridized carbons (Fsp3) is 0.158. The third-order valence-electron chi connectivity index (χ3n) is 3.47. The van der Waals surface area contributed by atoms with Crippen molar-refractivity contribution in [3.63, 3.8) is 0 Å². The van der Waals surface area contributed by atoms with E-state index in [1.165, 1.54) is 0 Å². The molecule has 0 unspecified atom stereocenters. The van der Waals surface area contributed by atoms with Crippen LogP contribution in [0.2, 0.25) is 0 Å². The van der Waals surface area contributed by atoms with Crippen molar-refractivity contribution in [2.75, 3.05) is 0 Å². The molecular formula is C19H15N3O4. The lowest BCUT2D eigenvalue weighted by atomic mass is 10.2. The van der Waals surface area contributed by atoms with Crippen molar-refractivity contribution in [3.8, 4) is 23.2 Å². The van der Waals surface area contributed by atoms with Gasteiger partial charge >= 0.3 is 5.97 Å². The molecule has 7 nitrogen and oxygen atoms in total. The van der Waals surface area contributed by atoms with Gasteiger partial charge in [-0.15, -0.1) is 0 Å². The summed E-state index contributed by atoms with van der Waals surface area (Å²) in [6.45, 7) is 1.43. The van der Waals surface area contributed by atoms with Crippen molar-refractivity contribution < 1.29 is 18.8 Å². The van der Waals surface area contributed by atoms with Gasteiger partial charge in [0.15, 0.2) is 12.7 Å². The van der Waals surface area contributed by atoms with Crippen LogP contribution in [0.4, 0.5) is 0 Å². The Balaban J connectivity index is 1.53. The summed E-state index contributed by atoms with van der Waals surface area (Å²) in [5.74, 6) is 0.535. The smallest absolute Gasteiger partial charge is 0.347 e. The van der Waals surface area contributed by atoms with Gasteiger partial charge in [0.05, 0.1) is 11.6 Å². The zero-order chi connectivity index (χ0) is 18.4. The minimum Gasteiger partial charge on any atom is -0.479 e. The Morgan fingerprint density at radius 3 is 2.62 bits per heavy atom. The second-order valence-corrected chi connectivity index (χ2v) is 5.38. The summed E-state index contributed by atoms with van der Waals surface area (Å²) >= 11 is 0. The molecule has 0 radical (unpaired) electrons. The molecule has 0 aliphatic rings. The van der Waals surface area contributed by atoms with E-state index in [0.29, 0.717) is 17.1 Å². The average Bonchev–Trinajstić information content (AvgIpc) is 3.16. The number of hydrogen-bond donors (Lipinski definition) is 0. The molecule has 0 aliphatic heterocycles. The van der Waals surface area contributed by atoms with Gasteiger partial charge in [0.2, 0.25) is 5.82 Å². The first-order valence-corrected chi connectivity index (χ1v) is 7.87. The monoisotopic (exact) mass is 349 g/mol. The van der Waals surface area contributed by atoms with Gasteiger partial charge < -0.3 is 14.0 Å². The maximum absolute atomic E-state index is 12.0. The minimum atomic E-state index is -0.820. The van der Waals surface area contributed by atoms with E-state index in [1.807, 2.05) is 36.4 Å². The highest BCUT2D eigenvalue weighted by molar-refractivity contribution is 5.74. The Morgan fingerprint density at radius 2 is 1.92 bits per heavy atom. The second kappa shape index (κ2) is 7.94. The molecule has 3 aromatic rings. The summed E-state index contributed by atoms with van der Waals surface area (Å²) in [4.78, 5) is 16.2. The van der Waals surface area contributed by atoms with Gasteiger partial charge in [0.1, 0.15) is 5.75 Å². The Bertz CT molecular complexity index is 914. The van der Waals surface area contributed by atoms with Crippen LogP contribution in [0.15, 0.2) is 59.1 Å². The number of benzene rings is 2. The van der Waals surface area contributed by atoms with Crippen LogP contribution in [0.5, 0.6) is 5.75 Å². The van der Waals surface area contributed by atoms with Gasteiger partial charge in [-0.25, -0.2) is 4.79 Å². The first-order valence-electron chi connectivity index (χ1n) is 7.87. The van der Waals surface area contributed by atoms with E-state index < -0.39 is 12.1 Å². The fourth-order valence-corrected chi connectivity index (χ4v) is 2.13. The third kappa shape index (κ3) is 4.24. The topological polar surface area (TPSA) is 98.2 Å². The normalized spacial score (nSPS) is 11.4. The molecule has 0 saturated carbocycles. The molecule has 1 heterocycles. The maximum Gasteiger partial charge on any atom is 0.347 e. The summed E-state index contributed by atoms with van der Waals surface area (Å²) in [6, 6.07) is 17.8. The van der Waals surface area contributed by atoms with Crippen LogP contribution < -0.4 is 4.74 Å². The van der Waals surface area contributed by atoms with E-state index in [4.69, 9.17) is 19.3 Å². The van der Waals surface area contributed by atoms with E-state index in [9.17, 15) is 4.79 Å². The number of ether oxygens (including phenoxy) is 2. The van der Waals surface area contributed by atoms with Crippen molar-refractivity contribution in [1.82, 2.24) is 10.1 Å². The zero-order valence-corrected chi connectivity index (χ0v) is 14.0. The lowest BCUT2D eigenvalue weighted by Gasteiger charge is -2.13. The Morgan fingerprint density at radius 1 is 1.19 bits per heavy atom. The molecule has 0 saturated heterocycles. The molecule has 0 aliphatic carbocycles. The van der Waals surface area contributed by atoms with Gasteiger partial charge in [-0.1, -0.05) is 35.5 Å². The third-order valence-corrected chi connectivity index (χ3v) is 3.47. The fourth-order valence-electron chi connectivity index (χ4n) is 2.13. The van der Waals surface area contributed by atoms with E-state index in [2.05, 4.69) is 10.1 Å². The quantitative estimate of drug-likeness (QED) is 0.630. The number of carbonyl (C=O) groups is 1. The van der Waals surface area contributed by atoms with E-state index in [-0.39, 0.29) is 12.5 Å². The summed E-state index contributed by atoms with van der Waals surface area (Å²) in [7, 11) is 0. The Labute approximate surface area is 149 Å². The molecule has 0 bridgehead atoms. The van der Waals surface area contributed by atoms with Gasteiger partial charge in [-0.2, -0.15) is 10.2 Å². The number of carbonyl (C=O) groups excluding carboxylic acids is 1. The van der Waals surface area contributed by atoms with Crippen molar-refractivity contribution in [1.29, 1.82) is 5.26 Å². The predicted molar refractivity (Wildman–Crippen MR) is 90.8 cm³/mol. The highest BCUT2D eigenvalue weighted by Gasteiger charge is 2.18. The number of rotatable bonds is 6. The average molecular weight is 349 g/mol. The van der Waals surface area contributed by atoms with Crippen molar-refractivity contribution in [3.05, 3.63) is 66.1 Å². The van der Waals surface area contributed by atoms with Gasteiger partial charge in [-0.05, 0) is 31.2 Å². The van der Waals surface area contributed by atoms with E-state index >= 15 is 0 Å². The first-order chi connectivity index (χ1) is 12.7. The molecule has 0 N–H and O–H groups in total. The van der Waals surface area contributed by atoms with Crippen LogP contribution >= 0.6 is 0 Å². The Kier molecular flexibility index (Phi) is 5.25. The number of esters is 1. The molecule has 7 heteroatoms. The maximum atomic E-state index is 12.0. The van der Waals surface area contributed by atoms with Crippen molar-refractivity contribution in [2.24, 2.45) is 0 Å². The largest absolute Gasteiger partial charge is 0.479 e. The summed E-state index contributed by atoms with van der Waals surface area (Å²) in [5, 5.41) is 12.6. The first kappa shape index (κ1) is 17.2. The van der Waals surface area contributed by atoms with Crippen LogP contribution in [-0.4, -0.2) is 22.2 Å². The van der Waals surface area contributed by atoms with Gasteiger partial charge in [-0.3, -0.25) is 0 Å². The molecule has 1 aromatic heterocycles. The molecule has 0 spiro atoms. The van der Waals surface area contributed by atoms with Crippen LogP contribution in [-0.2, 0) is 16.1 Å². The highest BCUT2D eigenvalue weighted by Crippen LogP contribution is 2.16. The van der Waals surface area contributed by atoms with Crippen molar-refractivity contribution >= 4 is 5.97 Å². The molecule has 0 amide bonds. The number of aromatic nitrogens is 2. The van der Waals surface area contributed by atoms with Crippen LogP contribution in [0.3, 0.4) is 0 Å². The molecular weight excluding hydrogens is 334 g/mol. The SMILES string of the molecule is C[C@H](Oc1ccc(C#N)cc1)C(=O)OCc1nc(-c2ccccc2)no1.